The van der Waals surface area contributed by atoms with Crippen molar-refractivity contribution in [3.05, 3.63) is 30.5 Å². The van der Waals surface area contributed by atoms with Gasteiger partial charge < -0.3 is 16.0 Å². The Bertz CT molecular complexity index is 592. The van der Waals surface area contributed by atoms with Gasteiger partial charge in [0.25, 0.3) is 0 Å². The molecule has 1 fully saturated rings. The first kappa shape index (κ1) is 13.4. The lowest BCUT2D eigenvalue weighted by Crippen LogP contribution is -2.13. The third-order valence-electron chi connectivity index (χ3n) is 3.02. The van der Waals surface area contributed by atoms with Gasteiger partial charge in [0.05, 0.1) is 17.6 Å². The number of anilines is 2. The number of hydrogen-bond acceptors (Lipinski definition) is 3. The molecule has 0 saturated heterocycles. The molecular formula is C13H15ClN4O. The second kappa shape index (κ2) is 5.32. The Morgan fingerprint density at radius 3 is 2.74 bits per heavy atom. The van der Waals surface area contributed by atoms with Gasteiger partial charge in [-0.15, -0.1) is 12.4 Å². The molecule has 1 saturated carbocycles. The molecule has 6 heteroatoms. The van der Waals surface area contributed by atoms with E-state index < -0.39 is 0 Å². The van der Waals surface area contributed by atoms with Crippen LogP contribution in [0.1, 0.15) is 12.8 Å². The molecule has 5 nitrogen and oxygen atoms in total. The predicted molar refractivity (Wildman–Crippen MR) is 77.0 cm³/mol. The van der Waals surface area contributed by atoms with Crippen molar-refractivity contribution in [2.45, 2.75) is 12.8 Å². The van der Waals surface area contributed by atoms with Crippen LogP contribution in [-0.2, 0) is 4.79 Å². The lowest BCUT2D eigenvalue weighted by molar-refractivity contribution is -0.117. The largest absolute Gasteiger partial charge is 0.369 e. The third-order valence-corrected chi connectivity index (χ3v) is 3.02. The van der Waals surface area contributed by atoms with E-state index >= 15 is 0 Å². The number of amides is 1. The average molecular weight is 279 g/mol. The lowest BCUT2D eigenvalue weighted by Gasteiger charge is -2.09. The van der Waals surface area contributed by atoms with Crippen molar-refractivity contribution in [3.63, 3.8) is 0 Å². The highest BCUT2D eigenvalue weighted by molar-refractivity contribution is 5.97. The first-order valence-corrected chi connectivity index (χ1v) is 5.95. The van der Waals surface area contributed by atoms with Crippen LogP contribution in [-0.4, -0.2) is 15.9 Å². The number of aromatic amines is 1. The number of nitrogens with one attached hydrogen (secondary N) is 2. The summed E-state index contributed by atoms with van der Waals surface area (Å²) in [7, 11) is 0. The molecule has 0 aliphatic heterocycles. The number of hydrogen-bond donors (Lipinski definition) is 3. The summed E-state index contributed by atoms with van der Waals surface area (Å²) >= 11 is 0. The second-order valence-corrected chi connectivity index (χ2v) is 4.49. The third kappa shape index (κ3) is 2.88. The van der Waals surface area contributed by atoms with Crippen molar-refractivity contribution in [3.8, 4) is 11.3 Å². The smallest absolute Gasteiger partial charge is 0.227 e. The molecule has 0 unspecified atom stereocenters. The number of benzene rings is 1. The fraction of sp³-hybridized carbons (Fsp3) is 0.231. The summed E-state index contributed by atoms with van der Waals surface area (Å²) in [5.74, 6) is 0.646. The quantitative estimate of drug-likeness (QED) is 0.806. The van der Waals surface area contributed by atoms with E-state index in [1.807, 2.05) is 24.3 Å². The maximum absolute atomic E-state index is 11.8. The predicted octanol–water partition coefficient (Wildman–Crippen LogP) is 2.43. The Morgan fingerprint density at radius 2 is 2.11 bits per heavy atom. The first-order chi connectivity index (χ1) is 8.74. The van der Waals surface area contributed by atoms with Crippen molar-refractivity contribution >= 4 is 29.9 Å². The van der Waals surface area contributed by atoms with Gasteiger partial charge in [0.2, 0.25) is 5.91 Å². The average Bonchev–Trinajstić information content (AvgIpc) is 3.13. The number of para-hydroxylation sites is 1. The fourth-order valence-corrected chi connectivity index (χ4v) is 1.88. The summed E-state index contributed by atoms with van der Waals surface area (Å²) in [6.07, 6.45) is 3.65. The summed E-state index contributed by atoms with van der Waals surface area (Å²) in [5, 5.41) is 2.95. The number of carbonyl (C=O) groups excluding carboxylic acids is 1. The lowest BCUT2D eigenvalue weighted by atomic mass is 10.1. The van der Waals surface area contributed by atoms with Crippen LogP contribution in [0.15, 0.2) is 30.5 Å². The molecule has 3 rings (SSSR count). The number of imidazole rings is 1. The number of H-pyrrole nitrogens is 1. The Labute approximate surface area is 117 Å². The van der Waals surface area contributed by atoms with E-state index in [1.165, 1.54) is 0 Å². The van der Waals surface area contributed by atoms with Gasteiger partial charge in [0.15, 0.2) is 5.95 Å². The number of aromatic nitrogens is 2. The topological polar surface area (TPSA) is 83.8 Å². The standard InChI is InChI=1S/C13H14N4O.ClH/c14-13-15-7-11(17-13)9-3-1-2-4-10(9)16-12(18)8-5-6-8;/h1-4,7-8H,5-6H2,(H,16,18)(H3,14,15,17);1H. The van der Waals surface area contributed by atoms with Gasteiger partial charge in [-0.25, -0.2) is 4.98 Å². The summed E-state index contributed by atoms with van der Waals surface area (Å²) < 4.78 is 0. The van der Waals surface area contributed by atoms with E-state index in [1.54, 1.807) is 6.20 Å². The summed E-state index contributed by atoms with van der Waals surface area (Å²) in [5.41, 5.74) is 8.06. The molecule has 1 heterocycles. The minimum absolute atomic E-state index is 0. The van der Waals surface area contributed by atoms with Crippen LogP contribution in [0, 0.1) is 5.92 Å². The molecule has 100 valence electrons. The van der Waals surface area contributed by atoms with Crippen LogP contribution in [0.25, 0.3) is 11.3 Å². The van der Waals surface area contributed by atoms with Crippen molar-refractivity contribution in [2.24, 2.45) is 5.92 Å². The van der Waals surface area contributed by atoms with Crippen LogP contribution >= 0.6 is 12.4 Å². The van der Waals surface area contributed by atoms with E-state index in [4.69, 9.17) is 5.73 Å². The molecule has 0 radical (unpaired) electrons. The maximum atomic E-state index is 11.8. The molecule has 1 amide bonds. The number of carbonyl (C=O) groups is 1. The number of halogens is 1. The first-order valence-electron chi connectivity index (χ1n) is 5.95. The second-order valence-electron chi connectivity index (χ2n) is 4.49. The van der Waals surface area contributed by atoms with E-state index in [2.05, 4.69) is 15.3 Å². The van der Waals surface area contributed by atoms with Crippen LogP contribution in [0.5, 0.6) is 0 Å². The highest BCUT2D eigenvalue weighted by atomic mass is 35.5. The molecule has 4 N–H and O–H groups in total. The highest BCUT2D eigenvalue weighted by Crippen LogP contribution is 2.32. The molecule has 0 bridgehead atoms. The highest BCUT2D eigenvalue weighted by Gasteiger charge is 2.29. The normalized spacial score (nSPS) is 13.7. The number of rotatable bonds is 3. The summed E-state index contributed by atoms with van der Waals surface area (Å²) in [6, 6.07) is 7.62. The molecule has 1 aliphatic rings. The van der Waals surface area contributed by atoms with Crippen molar-refractivity contribution in [1.82, 2.24) is 9.97 Å². The molecule has 0 spiro atoms. The van der Waals surface area contributed by atoms with Gasteiger partial charge >= 0.3 is 0 Å². The summed E-state index contributed by atoms with van der Waals surface area (Å²) in [4.78, 5) is 18.7. The van der Waals surface area contributed by atoms with Crippen LogP contribution < -0.4 is 11.1 Å². The van der Waals surface area contributed by atoms with Gasteiger partial charge in [-0.1, -0.05) is 18.2 Å². The van der Waals surface area contributed by atoms with Crippen LogP contribution in [0.3, 0.4) is 0 Å². The van der Waals surface area contributed by atoms with E-state index in [-0.39, 0.29) is 24.2 Å². The van der Waals surface area contributed by atoms with Gasteiger partial charge in [-0.05, 0) is 18.9 Å². The Kier molecular flexibility index (Phi) is 3.76. The van der Waals surface area contributed by atoms with Gasteiger partial charge in [0, 0.05) is 11.5 Å². The van der Waals surface area contributed by atoms with Crippen molar-refractivity contribution in [1.29, 1.82) is 0 Å². The Balaban J connectivity index is 0.00000133. The van der Waals surface area contributed by atoms with E-state index in [0.717, 1.165) is 29.8 Å². The molecule has 2 aromatic rings. The zero-order valence-electron chi connectivity index (χ0n) is 10.2. The molecular weight excluding hydrogens is 264 g/mol. The Morgan fingerprint density at radius 1 is 1.37 bits per heavy atom. The van der Waals surface area contributed by atoms with E-state index in [0.29, 0.717) is 5.95 Å². The van der Waals surface area contributed by atoms with Gasteiger partial charge in [-0.3, -0.25) is 4.79 Å². The van der Waals surface area contributed by atoms with Gasteiger partial charge in [-0.2, -0.15) is 0 Å². The maximum Gasteiger partial charge on any atom is 0.227 e. The number of nitrogens with two attached hydrogens (primary N) is 1. The summed E-state index contributed by atoms with van der Waals surface area (Å²) in [6.45, 7) is 0. The molecule has 1 aromatic carbocycles. The number of nitrogen functional groups attached to an aromatic ring is 1. The Hall–Kier alpha value is -2.01. The fourth-order valence-electron chi connectivity index (χ4n) is 1.88. The molecule has 1 aromatic heterocycles. The van der Waals surface area contributed by atoms with Crippen molar-refractivity contribution in [2.75, 3.05) is 11.1 Å². The zero-order chi connectivity index (χ0) is 12.5. The minimum Gasteiger partial charge on any atom is -0.369 e. The number of nitrogens with zero attached hydrogens (tertiary/aromatic N) is 1. The zero-order valence-corrected chi connectivity index (χ0v) is 11.0. The molecule has 1 aliphatic carbocycles. The van der Waals surface area contributed by atoms with Crippen molar-refractivity contribution < 1.29 is 4.79 Å². The monoisotopic (exact) mass is 278 g/mol. The molecule has 19 heavy (non-hydrogen) atoms. The molecule has 0 atom stereocenters. The van der Waals surface area contributed by atoms with Crippen LogP contribution in [0.4, 0.5) is 11.6 Å². The van der Waals surface area contributed by atoms with Gasteiger partial charge in [0.1, 0.15) is 0 Å². The SMILES string of the molecule is Cl.Nc1ncc(-c2ccccc2NC(=O)C2CC2)[nH]1. The van der Waals surface area contributed by atoms with Crippen LogP contribution in [0.2, 0.25) is 0 Å². The van der Waals surface area contributed by atoms with E-state index in [9.17, 15) is 4.79 Å². The minimum atomic E-state index is 0.